The van der Waals surface area contributed by atoms with Gasteiger partial charge in [0.2, 0.25) is 0 Å². The minimum atomic E-state index is 0.104. The van der Waals surface area contributed by atoms with Crippen LogP contribution in [0.5, 0.6) is 0 Å². The number of amides is 1. The van der Waals surface area contributed by atoms with Gasteiger partial charge in [-0.1, -0.05) is 63.2 Å². The Balaban J connectivity index is 1.53. The molecular formula is C25H32N2O. The fourth-order valence-corrected chi connectivity index (χ4v) is 4.26. The molecule has 2 aliphatic rings. The molecule has 0 bridgehead atoms. The van der Waals surface area contributed by atoms with Crippen molar-refractivity contribution in [3.8, 4) is 0 Å². The zero-order valence-electron chi connectivity index (χ0n) is 17.4. The summed E-state index contributed by atoms with van der Waals surface area (Å²) in [7, 11) is 0. The molecular weight excluding hydrogens is 344 g/mol. The second kappa shape index (κ2) is 7.71. The molecule has 1 aliphatic heterocycles. The first-order chi connectivity index (χ1) is 13.4. The van der Waals surface area contributed by atoms with Crippen LogP contribution >= 0.6 is 0 Å². The standard InChI is InChI=1S/C25H32N2O/c1-25(2,3)21-11-9-20(10-12-21)24(28)27-16-15-26(22-13-14-22)18-23(27)17-19-7-5-4-6-8-19/h4-12,22-23H,13-18H2,1-3H3. The average Bonchev–Trinajstić information content (AvgIpc) is 3.53. The predicted octanol–water partition coefficient (Wildman–Crippen LogP) is 4.52. The number of rotatable bonds is 4. The molecule has 1 unspecified atom stereocenters. The van der Waals surface area contributed by atoms with Crippen molar-refractivity contribution < 1.29 is 4.79 Å². The van der Waals surface area contributed by atoms with E-state index in [2.05, 4.69) is 73.0 Å². The van der Waals surface area contributed by atoms with Crippen molar-refractivity contribution in [2.24, 2.45) is 0 Å². The van der Waals surface area contributed by atoms with Gasteiger partial charge in [-0.05, 0) is 47.9 Å². The van der Waals surface area contributed by atoms with E-state index in [0.29, 0.717) is 0 Å². The molecule has 1 saturated carbocycles. The molecule has 2 aromatic rings. The summed E-state index contributed by atoms with van der Waals surface area (Å²) in [5.41, 5.74) is 3.49. The molecule has 3 heteroatoms. The average molecular weight is 377 g/mol. The smallest absolute Gasteiger partial charge is 0.254 e. The van der Waals surface area contributed by atoms with Crippen molar-refractivity contribution in [2.45, 2.75) is 57.5 Å². The first-order valence-corrected chi connectivity index (χ1v) is 10.6. The molecule has 2 aromatic carbocycles. The number of hydrogen-bond donors (Lipinski definition) is 0. The Morgan fingerprint density at radius 1 is 0.964 bits per heavy atom. The number of piperazine rings is 1. The molecule has 3 nitrogen and oxygen atoms in total. The van der Waals surface area contributed by atoms with E-state index in [1.54, 1.807) is 0 Å². The van der Waals surface area contributed by atoms with Gasteiger partial charge in [0.25, 0.3) is 5.91 Å². The maximum absolute atomic E-state index is 13.4. The Labute approximate surface area is 169 Å². The van der Waals surface area contributed by atoms with Gasteiger partial charge >= 0.3 is 0 Å². The third-order valence-electron chi connectivity index (χ3n) is 6.15. The Hall–Kier alpha value is -2.13. The molecule has 0 aromatic heterocycles. The molecule has 1 amide bonds. The number of carbonyl (C=O) groups is 1. The number of hydrogen-bond acceptors (Lipinski definition) is 2. The lowest BCUT2D eigenvalue weighted by Crippen LogP contribution is -2.56. The second-order valence-electron chi connectivity index (χ2n) is 9.40. The van der Waals surface area contributed by atoms with E-state index < -0.39 is 0 Å². The van der Waals surface area contributed by atoms with Crippen molar-refractivity contribution in [3.05, 3.63) is 71.3 Å². The van der Waals surface area contributed by atoms with Gasteiger partial charge in [0, 0.05) is 37.3 Å². The molecule has 28 heavy (non-hydrogen) atoms. The fourth-order valence-electron chi connectivity index (χ4n) is 4.26. The van der Waals surface area contributed by atoms with Crippen LogP contribution in [-0.4, -0.2) is 47.4 Å². The minimum absolute atomic E-state index is 0.104. The van der Waals surface area contributed by atoms with E-state index in [1.807, 2.05) is 12.1 Å². The van der Waals surface area contributed by atoms with Gasteiger partial charge in [0.05, 0.1) is 0 Å². The Bertz CT molecular complexity index is 803. The largest absolute Gasteiger partial charge is 0.333 e. The SMILES string of the molecule is CC(C)(C)c1ccc(C(=O)N2CCN(C3CC3)CC2Cc2ccccc2)cc1. The molecule has 1 aliphatic carbocycles. The van der Waals surface area contributed by atoms with Gasteiger partial charge < -0.3 is 4.90 Å². The van der Waals surface area contributed by atoms with E-state index in [0.717, 1.165) is 37.7 Å². The highest BCUT2D eigenvalue weighted by Gasteiger charge is 2.37. The molecule has 2 fully saturated rings. The van der Waals surface area contributed by atoms with Crippen molar-refractivity contribution in [1.82, 2.24) is 9.80 Å². The van der Waals surface area contributed by atoms with Crippen LogP contribution in [0, 0.1) is 0 Å². The van der Waals surface area contributed by atoms with Gasteiger partial charge in [0.15, 0.2) is 0 Å². The normalized spacial score (nSPS) is 21.0. The van der Waals surface area contributed by atoms with E-state index >= 15 is 0 Å². The summed E-state index contributed by atoms with van der Waals surface area (Å²) in [5, 5.41) is 0. The first-order valence-electron chi connectivity index (χ1n) is 10.6. The highest BCUT2D eigenvalue weighted by molar-refractivity contribution is 5.94. The summed E-state index contributed by atoms with van der Waals surface area (Å²) >= 11 is 0. The number of benzene rings is 2. The molecule has 1 atom stereocenters. The van der Waals surface area contributed by atoms with Crippen LogP contribution < -0.4 is 0 Å². The Kier molecular flexibility index (Phi) is 5.29. The lowest BCUT2D eigenvalue weighted by molar-refractivity contribution is 0.0437. The quantitative estimate of drug-likeness (QED) is 0.783. The highest BCUT2D eigenvalue weighted by Crippen LogP contribution is 2.30. The zero-order valence-corrected chi connectivity index (χ0v) is 17.4. The number of carbonyl (C=O) groups excluding carboxylic acids is 1. The van der Waals surface area contributed by atoms with Crippen LogP contribution in [-0.2, 0) is 11.8 Å². The van der Waals surface area contributed by atoms with Gasteiger partial charge in [-0.2, -0.15) is 0 Å². The van der Waals surface area contributed by atoms with Crippen molar-refractivity contribution >= 4 is 5.91 Å². The summed E-state index contributed by atoms with van der Waals surface area (Å²) in [6.07, 6.45) is 3.57. The minimum Gasteiger partial charge on any atom is -0.333 e. The van der Waals surface area contributed by atoms with Crippen molar-refractivity contribution in [2.75, 3.05) is 19.6 Å². The van der Waals surface area contributed by atoms with E-state index in [-0.39, 0.29) is 17.4 Å². The predicted molar refractivity (Wildman–Crippen MR) is 115 cm³/mol. The summed E-state index contributed by atoms with van der Waals surface area (Å²) < 4.78 is 0. The summed E-state index contributed by atoms with van der Waals surface area (Å²) in [5.74, 6) is 0.178. The summed E-state index contributed by atoms with van der Waals surface area (Å²) in [4.78, 5) is 18.1. The first kappa shape index (κ1) is 19.2. The molecule has 1 heterocycles. The molecule has 1 saturated heterocycles. The van der Waals surface area contributed by atoms with Gasteiger partial charge in [-0.15, -0.1) is 0 Å². The molecule has 0 radical (unpaired) electrons. The van der Waals surface area contributed by atoms with Crippen LogP contribution in [0.3, 0.4) is 0 Å². The second-order valence-corrected chi connectivity index (χ2v) is 9.40. The van der Waals surface area contributed by atoms with Crippen molar-refractivity contribution in [1.29, 1.82) is 0 Å². The topological polar surface area (TPSA) is 23.6 Å². The van der Waals surface area contributed by atoms with E-state index in [4.69, 9.17) is 0 Å². The van der Waals surface area contributed by atoms with E-state index in [1.165, 1.54) is 24.0 Å². The Morgan fingerprint density at radius 3 is 2.25 bits per heavy atom. The third-order valence-corrected chi connectivity index (χ3v) is 6.15. The number of nitrogens with zero attached hydrogens (tertiary/aromatic N) is 2. The van der Waals surface area contributed by atoms with Crippen LogP contribution in [0.4, 0.5) is 0 Å². The monoisotopic (exact) mass is 376 g/mol. The van der Waals surface area contributed by atoms with Crippen LogP contribution in [0.25, 0.3) is 0 Å². The molecule has 148 valence electrons. The maximum atomic E-state index is 13.4. The summed E-state index contributed by atoms with van der Waals surface area (Å²) in [6.45, 7) is 9.44. The molecule has 0 spiro atoms. The van der Waals surface area contributed by atoms with Crippen LogP contribution in [0.1, 0.15) is 55.1 Å². The maximum Gasteiger partial charge on any atom is 0.254 e. The van der Waals surface area contributed by atoms with Crippen LogP contribution in [0.15, 0.2) is 54.6 Å². The van der Waals surface area contributed by atoms with Gasteiger partial charge in [-0.3, -0.25) is 9.69 Å². The van der Waals surface area contributed by atoms with E-state index in [9.17, 15) is 4.79 Å². The molecule has 4 rings (SSSR count). The summed E-state index contributed by atoms with van der Waals surface area (Å²) in [6, 6.07) is 19.8. The lowest BCUT2D eigenvalue weighted by atomic mass is 9.86. The molecule has 0 N–H and O–H groups in total. The highest BCUT2D eigenvalue weighted by atomic mass is 16.2. The van der Waals surface area contributed by atoms with Gasteiger partial charge in [-0.25, -0.2) is 0 Å². The zero-order chi connectivity index (χ0) is 19.7. The Morgan fingerprint density at radius 2 is 1.64 bits per heavy atom. The lowest BCUT2D eigenvalue weighted by Gasteiger charge is -2.42. The third kappa shape index (κ3) is 4.30. The van der Waals surface area contributed by atoms with Crippen molar-refractivity contribution in [3.63, 3.8) is 0 Å². The van der Waals surface area contributed by atoms with Gasteiger partial charge in [0.1, 0.15) is 0 Å². The van der Waals surface area contributed by atoms with Crippen LogP contribution in [0.2, 0.25) is 0 Å². The fraction of sp³-hybridized carbons (Fsp3) is 0.480.